The van der Waals surface area contributed by atoms with Gasteiger partial charge in [-0.1, -0.05) is 35.9 Å². The van der Waals surface area contributed by atoms with Crippen molar-refractivity contribution in [1.29, 1.82) is 0 Å². The van der Waals surface area contributed by atoms with E-state index in [0.717, 1.165) is 16.8 Å². The highest BCUT2D eigenvalue weighted by Crippen LogP contribution is 2.43. The number of hydrogen-bond acceptors (Lipinski definition) is 4. The maximum atomic E-state index is 13.3. The van der Waals surface area contributed by atoms with E-state index in [9.17, 15) is 9.18 Å². The summed E-state index contributed by atoms with van der Waals surface area (Å²) in [6, 6.07) is 13.5. The summed E-state index contributed by atoms with van der Waals surface area (Å²) >= 11 is 6.04. The molecule has 0 fully saturated rings. The van der Waals surface area contributed by atoms with Crippen LogP contribution >= 0.6 is 11.6 Å². The van der Waals surface area contributed by atoms with E-state index < -0.39 is 0 Å². The van der Waals surface area contributed by atoms with Crippen molar-refractivity contribution < 1.29 is 9.18 Å². The Balaban J connectivity index is 1.58. The first-order chi connectivity index (χ1) is 13.6. The lowest BCUT2D eigenvalue weighted by molar-refractivity contribution is -0.116. The van der Waals surface area contributed by atoms with Gasteiger partial charge in [0.15, 0.2) is 5.78 Å². The minimum atomic E-state index is -0.340. The van der Waals surface area contributed by atoms with Crippen molar-refractivity contribution in [3.05, 3.63) is 88.1 Å². The first kappa shape index (κ1) is 17.1. The van der Waals surface area contributed by atoms with E-state index in [0.29, 0.717) is 29.4 Å². The average molecular weight is 395 g/mol. The number of nitrogens with one attached hydrogen (secondary N) is 1. The molecule has 2 aliphatic rings. The fourth-order valence-corrected chi connectivity index (χ4v) is 4.20. The van der Waals surface area contributed by atoms with Crippen LogP contribution in [0.5, 0.6) is 0 Å². The van der Waals surface area contributed by atoms with Gasteiger partial charge in [0.2, 0.25) is 5.95 Å². The number of halogens is 2. The van der Waals surface area contributed by atoms with Crippen molar-refractivity contribution in [2.75, 3.05) is 5.32 Å². The van der Waals surface area contributed by atoms with Crippen LogP contribution in [-0.4, -0.2) is 20.5 Å². The quantitative estimate of drug-likeness (QED) is 0.695. The van der Waals surface area contributed by atoms with Crippen LogP contribution in [0, 0.1) is 5.82 Å². The van der Waals surface area contributed by atoms with Crippen LogP contribution in [0.4, 0.5) is 10.3 Å². The van der Waals surface area contributed by atoms with Gasteiger partial charge in [-0.3, -0.25) is 4.79 Å². The van der Waals surface area contributed by atoms with Crippen molar-refractivity contribution in [2.24, 2.45) is 0 Å². The number of hydrogen-bond donors (Lipinski definition) is 1. The summed E-state index contributed by atoms with van der Waals surface area (Å²) < 4.78 is 15.0. The van der Waals surface area contributed by atoms with E-state index >= 15 is 0 Å². The molecule has 28 heavy (non-hydrogen) atoms. The molecule has 2 heterocycles. The molecule has 1 aliphatic heterocycles. The molecule has 2 unspecified atom stereocenters. The highest BCUT2D eigenvalue weighted by Gasteiger charge is 2.39. The van der Waals surface area contributed by atoms with Crippen molar-refractivity contribution in [2.45, 2.75) is 24.8 Å². The standard InChI is InChI=1S/C21H16ClFN4O/c22-15-5-1-13(2-6-15)20-19-17(26-21-24-11-25-27(20)21)9-14(10-18(19)28)12-3-7-16(23)8-4-12/h1-8,11,14,20H,9-10H2,(H,24,25,26). The van der Waals surface area contributed by atoms with Gasteiger partial charge in [-0.15, -0.1) is 0 Å². The van der Waals surface area contributed by atoms with E-state index in [4.69, 9.17) is 11.6 Å². The number of Topliss-reactive ketones (excluding diaryl/α,β-unsaturated/α-hetero) is 1. The van der Waals surface area contributed by atoms with Crippen LogP contribution in [0.2, 0.25) is 5.02 Å². The first-order valence-electron chi connectivity index (χ1n) is 9.04. The molecule has 140 valence electrons. The predicted octanol–water partition coefficient (Wildman–Crippen LogP) is 4.49. The lowest BCUT2D eigenvalue weighted by atomic mass is 9.78. The molecule has 7 heteroatoms. The smallest absolute Gasteiger partial charge is 0.226 e. The second kappa shape index (κ2) is 6.56. The Hall–Kier alpha value is -2.99. The first-order valence-corrected chi connectivity index (χ1v) is 9.41. The number of ketones is 1. The molecule has 0 saturated heterocycles. The topological polar surface area (TPSA) is 59.8 Å². The summed E-state index contributed by atoms with van der Waals surface area (Å²) in [5.74, 6) is 0.382. The molecule has 2 aromatic carbocycles. The fourth-order valence-electron chi connectivity index (χ4n) is 4.08. The monoisotopic (exact) mass is 394 g/mol. The van der Waals surface area contributed by atoms with E-state index in [1.54, 1.807) is 16.8 Å². The van der Waals surface area contributed by atoms with Gasteiger partial charge in [-0.25, -0.2) is 9.07 Å². The summed E-state index contributed by atoms with van der Waals surface area (Å²) in [6.45, 7) is 0. The van der Waals surface area contributed by atoms with Gasteiger partial charge in [-0.2, -0.15) is 10.1 Å². The predicted molar refractivity (Wildman–Crippen MR) is 104 cm³/mol. The molecule has 2 atom stereocenters. The molecular weight excluding hydrogens is 379 g/mol. The summed E-state index contributed by atoms with van der Waals surface area (Å²) in [4.78, 5) is 17.5. The maximum absolute atomic E-state index is 13.3. The number of rotatable bonds is 2. The highest BCUT2D eigenvalue weighted by atomic mass is 35.5. The number of aromatic nitrogens is 3. The number of allylic oxidation sites excluding steroid dienone is 2. The van der Waals surface area contributed by atoms with Crippen LogP contribution in [0.3, 0.4) is 0 Å². The van der Waals surface area contributed by atoms with Crippen LogP contribution in [0.1, 0.15) is 35.9 Å². The van der Waals surface area contributed by atoms with Crippen LogP contribution in [-0.2, 0) is 4.79 Å². The molecule has 0 saturated carbocycles. The summed E-state index contributed by atoms with van der Waals surface area (Å²) in [5.41, 5.74) is 3.45. The third-order valence-electron chi connectivity index (χ3n) is 5.39. The molecule has 5 nitrogen and oxygen atoms in total. The highest BCUT2D eigenvalue weighted by molar-refractivity contribution is 6.30. The molecule has 1 aliphatic carbocycles. The van der Waals surface area contributed by atoms with E-state index in [1.165, 1.54) is 18.5 Å². The number of benzene rings is 2. The van der Waals surface area contributed by atoms with Crippen molar-refractivity contribution >= 4 is 23.3 Å². The van der Waals surface area contributed by atoms with Gasteiger partial charge in [0.25, 0.3) is 0 Å². The van der Waals surface area contributed by atoms with Crippen LogP contribution < -0.4 is 5.32 Å². The van der Waals surface area contributed by atoms with Crippen molar-refractivity contribution in [1.82, 2.24) is 14.8 Å². The molecule has 0 bridgehead atoms. The van der Waals surface area contributed by atoms with Crippen LogP contribution in [0.25, 0.3) is 0 Å². The second-order valence-electron chi connectivity index (χ2n) is 7.08. The Morgan fingerprint density at radius 3 is 2.50 bits per heavy atom. The van der Waals surface area contributed by atoms with Crippen molar-refractivity contribution in [3.8, 4) is 0 Å². The van der Waals surface area contributed by atoms with Gasteiger partial charge in [0, 0.05) is 22.7 Å². The lowest BCUT2D eigenvalue weighted by Gasteiger charge is -2.35. The lowest BCUT2D eigenvalue weighted by Crippen LogP contribution is -2.33. The molecule has 3 aromatic rings. The maximum Gasteiger partial charge on any atom is 0.226 e. The fraction of sp³-hybridized carbons (Fsp3) is 0.190. The molecule has 5 rings (SSSR count). The Morgan fingerprint density at radius 2 is 1.75 bits per heavy atom. The third-order valence-corrected chi connectivity index (χ3v) is 5.64. The Kier molecular flexibility index (Phi) is 4.02. The second-order valence-corrected chi connectivity index (χ2v) is 7.52. The number of carbonyl (C=O) groups is 1. The molecule has 1 aromatic heterocycles. The minimum absolute atomic E-state index is 0.000288. The van der Waals surface area contributed by atoms with Gasteiger partial charge >= 0.3 is 0 Å². The molecule has 0 amide bonds. The zero-order valence-electron chi connectivity index (χ0n) is 14.8. The molecule has 0 spiro atoms. The van der Waals surface area contributed by atoms with E-state index in [-0.39, 0.29) is 23.6 Å². The Labute approximate surface area is 165 Å². The zero-order valence-corrected chi connectivity index (χ0v) is 15.5. The average Bonchev–Trinajstić information content (AvgIpc) is 3.16. The minimum Gasteiger partial charge on any atom is -0.328 e. The van der Waals surface area contributed by atoms with Gasteiger partial charge in [0.05, 0.1) is 0 Å². The normalized spacial score (nSPS) is 21.1. The third kappa shape index (κ3) is 2.81. The largest absolute Gasteiger partial charge is 0.328 e. The number of anilines is 1. The van der Waals surface area contributed by atoms with Gasteiger partial charge < -0.3 is 5.32 Å². The Morgan fingerprint density at radius 1 is 1.04 bits per heavy atom. The zero-order chi connectivity index (χ0) is 19.3. The summed E-state index contributed by atoms with van der Waals surface area (Å²) in [6.07, 6.45) is 2.51. The number of carbonyl (C=O) groups excluding carboxylic acids is 1. The summed E-state index contributed by atoms with van der Waals surface area (Å²) in [5, 5.41) is 8.25. The summed E-state index contributed by atoms with van der Waals surface area (Å²) in [7, 11) is 0. The molecule has 1 N–H and O–H groups in total. The number of nitrogens with zero attached hydrogens (tertiary/aromatic N) is 3. The van der Waals surface area contributed by atoms with E-state index in [2.05, 4.69) is 15.4 Å². The molecular formula is C21H16ClFN4O. The Bertz CT molecular complexity index is 1090. The SMILES string of the molecule is O=C1CC(c2ccc(F)cc2)CC2=C1C(c1ccc(Cl)cc1)n1ncnc1N2. The van der Waals surface area contributed by atoms with Crippen LogP contribution in [0.15, 0.2) is 66.1 Å². The molecule has 0 radical (unpaired) electrons. The van der Waals surface area contributed by atoms with Gasteiger partial charge in [-0.05, 0) is 47.7 Å². The van der Waals surface area contributed by atoms with Gasteiger partial charge in [0.1, 0.15) is 18.2 Å². The van der Waals surface area contributed by atoms with E-state index in [1.807, 2.05) is 24.3 Å². The van der Waals surface area contributed by atoms with Crippen molar-refractivity contribution in [3.63, 3.8) is 0 Å². The number of fused-ring (bicyclic) bond motifs is 1.